The summed E-state index contributed by atoms with van der Waals surface area (Å²) < 4.78 is 19.1. The first-order valence-electron chi connectivity index (χ1n) is 16.2. The van der Waals surface area contributed by atoms with Crippen LogP contribution in [0.5, 0.6) is 0 Å². The highest BCUT2D eigenvalue weighted by molar-refractivity contribution is 9.09. The molecule has 0 aromatic rings. The second-order valence-corrected chi connectivity index (χ2v) is 14.2. The fraction of sp³-hybridized carbons (Fsp3) is 1.00. The van der Waals surface area contributed by atoms with Crippen molar-refractivity contribution in [3.05, 3.63) is 0 Å². The van der Waals surface area contributed by atoms with Gasteiger partial charge in [0.15, 0.2) is 12.6 Å². The highest BCUT2D eigenvalue weighted by Crippen LogP contribution is 2.20. The van der Waals surface area contributed by atoms with Gasteiger partial charge < -0.3 is 14.2 Å². The molecule has 0 aromatic heterocycles. The fourth-order valence-corrected chi connectivity index (χ4v) is 5.23. The maximum absolute atomic E-state index is 6.48. The molecule has 4 unspecified atom stereocenters. The quantitative estimate of drug-likeness (QED) is 0.0438. The molecule has 3 nitrogen and oxygen atoms in total. The molecule has 0 heterocycles. The van der Waals surface area contributed by atoms with Gasteiger partial charge in [0.1, 0.15) is 0 Å². The summed E-state index contributed by atoms with van der Waals surface area (Å²) >= 11 is 7.38. The number of alkyl halides is 2. The van der Waals surface area contributed by atoms with Crippen LogP contribution in [0.1, 0.15) is 169 Å². The Labute approximate surface area is 249 Å². The lowest BCUT2D eigenvalue weighted by atomic mass is 10.1. The molecule has 0 saturated carbocycles. The van der Waals surface area contributed by atoms with Crippen LogP contribution < -0.4 is 0 Å². The zero-order chi connectivity index (χ0) is 27.4. The minimum atomic E-state index is -0.152. The highest BCUT2D eigenvalue weighted by atomic mass is 79.9. The average Bonchev–Trinajstić information content (AvgIpc) is 2.85. The van der Waals surface area contributed by atoms with Gasteiger partial charge in [-0.1, -0.05) is 149 Å². The Bertz CT molecular complexity index is 396. The number of hydrogen-bond donors (Lipinski definition) is 0. The standard InChI is InChI=1S/C32H64Br2O3/c1-5-7-9-11-13-15-17-19-27-35-31(25-21-23-29(3)33)37-32(26-22-24-30(4)34)36-28-20-18-16-14-12-10-8-6-2/h29-32H,5-28H2,1-4H3. The molecule has 37 heavy (non-hydrogen) atoms. The minimum Gasteiger partial charge on any atom is -0.353 e. The van der Waals surface area contributed by atoms with Crippen molar-refractivity contribution in [3.63, 3.8) is 0 Å². The van der Waals surface area contributed by atoms with Gasteiger partial charge in [-0.25, -0.2) is 0 Å². The third-order valence-corrected chi connectivity index (χ3v) is 7.91. The van der Waals surface area contributed by atoms with Crippen LogP contribution in [-0.4, -0.2) is 35.4 Å². The molecule has 0 aromatic carbocycles. The number of hydrogen-bond acceptors (Lipinski definition) is 3. The van der Waals surface area contributed by atoms with Crippen molar-refractivity contribution in [2.45, 2.75) is 191 Å². The van der Waals surface area contributed by atoms with Crippen LogP contribution in [0.15, 0.2) is 0 Å². The summed E-state index contributed by atoms with van der Waals surface area (Å²) in [5, 5.41) is 0. The lowest BCUT2D eigenvalue weighted by Crippen LogP contribution is -2.28. The predicted molar refractivity (Wildman–Crippen MR) is 170 cm³/mol. The van der Waals surface area contributed by atoms with E-state index in [9.17, 15) is 0 Å². The number of rotatable bonds is 30. The SMILES string of the molecule is CCCCCCCCCCOC(CCCC(C)Br)OC(CCCC(C)Br)OCCCCCCCCCC. The lowest BCUT2D eigenvalue weighted by molar-refractivity contribution is -0.250. The van der Waals surface area contributed by atoms with Gasteiger partial charge in [-0.15, -0.1) is 0 Å². The molecule has 224 valence electrons. The van der Waals surface area contributed by atoms with E-state index in [0.29, 0.717) is 9.65 Å². The van der Waals surface area contributed by atoms with Crippen LogP contribution in [0.4, 0.5) is 0 Å². The molecule has 0 radical (unpaired) electrons. The zero-order valence-corrected chi connectivity index (χ0v) is 28.4. The monoisotopic (exact) mass is 654 g/mol. The van der Waals surface area contributed by atoms with Crippen molar-refractivity contribution in [1.29, 1.82) is 0 Å². The van der Waals surface area contributed by atoms with Crippen molar-refractivity contribution < 1.29 is 14.2 Å². The Balaban J connectivity index is 4.46. The van der Waals surface area contributed by atoms with Gasteiger partial charge >= 0.3 is 0 Å². The molecule has 0 amide bonds. The van der Waals surface area contributed by atoms with E-state index >= 15 is 0 Å². The van der Waals surface area contributed by atoms with Gasteiger partial charge in [0.25, 0.3) is 0 Å². The zero-order valence-electron chi connectivity index (χ0n) is 25.3. The molecule has 4 atom stereocenters. The van der Waals surface area contributed by atoms with Gasteiger partial charge in [0.2, 0.25) is 0 Å². The molecule has 0 aliphatic carbocycles. The molecule has 5 heteroatoms. The van der Waals surface area contributed by atoms with Crippen molar-refractivity contribution in [2.24, 2.45) is 0 Å². The van der Waals surface area contributed by atoms with Crippen molar-refractivity contribution in [3.8, 4) is 0 Å². The topological polar surface area (TPSA) is 27.7 Å². The molecule has 0 N–H and O–H groups in total. The first-order chi connectivity index (χ1) is 18.0. The number of unbranched alkanes of at least 4 members (excludes halogenated alkanes) is 14. The second-order valence-electron chi connectivity index (χ2n) is 11.1. The smallest absolute Gasteiger partial charge is 0.160 e. The third kappa shape index (κ3) is 29.6. The molecule has 0 saturated heterocycles. The maximum atomic E-state index is 6.48. The molecular formula is C32H64Br2O3. The molecular weight excluding hydrogens is 592 g/mol. The fourth-order valence-electron chi connectivity index (χ4n) is 4.58. The van der Waals surface area contributed by atoms with Gasteiger partial charge in [-0.3, -0.25) is 0 Å². The normalized spacial score (nSPS) is 15.1. The van der Waals surface area contributed by atoms with Crippen molar-refractivity contribution >= 4 is 31.9 Å². The summed E-state index contributed by atoms with van der Waals surface area (Å²) in [6, 6.07) is 0. The van der Waals surface area contributed by atoms with E-state index in [1.807, 2.05) is 0 Å². The van der Waals surface area contributed by atoms with Crippen LogP contribution in [0.3, 0.4) is 0 Å². The molecule has 0 aliphatic rings. The summed E-state index contributed by atoms with van der Waals surface area (Å²) in [6.45, 7) is 10.6. The highest BCUT2D eigenvalue weighted by Gasteiger charge is 2.18. The Morgan fingerprint density at radius 2 is 0.757 bits per heavy atom. The number of halogens is 2. The Hall–Kier alpha value is 0.840. The predicted octanol–water partition coefficient (Wildman–Crippen LogP) is 11.9. The van der Waals surface area contributed by atoms with Gasteiger partial charge in [-0.2, -0.15) is 0 Å². The van der Waals surface area contributed by atoms with Crippen LogP contribution in [0.25, 0.3) is 0 Å². The summed E-state index contributed by atoms with van der Waals surface area (Å²) in [4.78, 5) is 1.07. The summed E-state index contributed by atoms with van der Waals surface area (Å²) in [7, 11) is 0. The Morgan fingerprint density at radius 1 is 0.432 bits per heavy atom. The number of ether oxygens (including phenoxy) is 3. The molecule has 0 rings (SSSR count). The van der Waals surface area contributed by atoms with Crippen LogP contribution in [-0.2, 0) is 14.2 Å². The van der Waals surface area contributed by atoms with E-state index in [1.54, 1.807) is 0 Å². The van der Waals surface area contributed by atoms with E-state index in [4.69, 9.17) is 14.2 Å². The van der Waals surface area contributed by atoms with Gasteiger partial charge in [0.05, 0.1) is 0 Å². The van der Waals surface area contributed by atoms with E-state index in [2.05, 4.69) is 59.6 Å². The van der Waals surface area contributed by atoms with E-state index in [-0.39, 0.29) is 12.6 Å². The summed E-state index contributed by atoms with van der Waals surface area (Å²) in [5.41, 5.74) is 0. The summed E-state index contributed by atoms with van der Waals surface area (Å²) in [6.07, 6.45) is 27.2. The lowest BCUT2D eigenvalue weighted by Gasteiger charge is -2.26. The molecule has 0 spiro atoms. The van der Waals surface area contributed by atoms with E-state index in [1.165, 1.54) is 89.9 Å². The average molecular weight is 657 g/mol. The first-order valence-corrected chi connectivity index (χ1v) is 18.0. The van der Waals surface area contributed by atoms with E-state index in [0.717, 1.165) is 64.6 Å². The first kappa shape index (κ1) is 37.8. The van der Waals surface area contributed by atoms with Gasteiger partial charge in [-0.05, 0) is 51.4 Å². The molecule has 0 bridgehead atoms. The third-order valence-electron chi connectivity index (χ3n) is 6.99. The molecule has 0 fully saturated rings. The van der Waals surface area contributed by atoms with Crippen molar-refractivity contribution in [1.82, 2.24) is 0 Å². The van der Waals surface area contributed by atoms with Gasteiger partial charge in [0, 0.05) is 22.9 Å². The van der Waals surface area contributed by atoms with Crippen LogP contribution in [0.2, 0.25) is 0 Å². The van der Waals surface area contributed by atoms with E-state index < -0.39 is 0 Å². The van der Waals surface area contributed by atoms with Crippen LogP contribution in [0, 0.1) is 0 Å². The second kappa shape index (κ2) is 29.8. The largest absolute Gasteiger partial charge is 0.353 e. The Kier molecular flexibility index (Phi) is 30.5. The van der Waals surface area contributed by atoms with Crippen molar-refractivity contribution in [2.75, 3.05) is 13.2 Å². The molecule has 0 aliphatic heterocycles. The minimum absolute atomic E-state index is 0.152. The summed E-state index contributed by atoms with van der Waals surface area (Å²) in [5.74, 6) is 0. The Morgan fingerprint density at radius 3 is 1.08 bits per heavy atom. The maximum Gasteiger partial charge on any atom is 0.160 e. The van der Waals surface area contributed by atoms with Crippen LogP contribution >= 0.6 is 31.9 Å².